The summed E-state index contributed by atoms with van der Waals surface area (Å²) >= 11 is 0. The fourth-order valence-corrected chi connectivity index (χ4v) is 3.48. The van der Waals surface area contributed by atoms with E-state index in [4.69, 9.17) is 5.14 Å². The zero-order valence-electron chi connectivity index (χ0n) is 13.3. The number of nitrogens with zero attached hydrogens (tertiary/aromatic N) is 1. The maximum absolute atomic E-state index is 12.4. The van der Waals surface area contributed by atoms with Gasteiger partial charge < -0.3 is 4.90 Å². The van der Waals surface area contributed by atoms with Crippen molar-refractivity contribution in [1.29, 1.82) is 0 Å². The number of primary sulfonamides is 1. The van der Waals surface area contributed by atoms with Gasteiger partial charge in [0.2, 0.25) is 15.9 Å². The maximum Gasteiger partial charge on any atom is 0.238 e. The van der Waals surface area contributed by atoms with E-state index >= 15 is 0 Å². The highest BCUT2D eigenvalue weighted by atomic mass is 32.2. The molecular formula is C18H20N2O3S. The van der Waals surface area contributed by atoms with Gasteiger partial charge in [-0.15, -0.1) is 0 Å². The molecule has 0 bridgehead atoms. The zero-order valence-corrected chi connectivity index (χ0v) is 14.1. The molecule has 2 N–H and O–H groups in total. The summed E-state index contributed by atoms with van der Waals surface area (Å²) in [6.45, 7) is 1.42. The van der Waals surface area contributed by atoms with E-state index in [-0.39, 0.29) is 10.8 Å². The minimum Gasteiger partial charge on any atom is -0.338 e. The predicted molar refractivity (Wildman–Crippen MR) is 91.7 cm³/mol. The molecule has 126 valence electrons. The van der Waals surface area contributed by atoms with E-state index in [0.717, 1.165) is 18.5 Å². The molecule has 0 spiro atoms. The van der Waals surface area contributed by atoms with Crippen LogP contribution in [-0.4, -0.2) is 25.8 Å². The Labute approximate surface area is 142 Å². The summed E-state index contributed by atoms with van der Waals surface area (Å²) in [4.78, 5) is 14.4. The molecule has 1 aliphatic rings. The van der Waals surface area contributed by atoms with Gasteiger partial charge in [-0.1, -0.05) is 36.4 Å². The van der Waals surface area contributed by atoms with Crippen LogP contribution < -0.4 is 5.14 Å². The van der Waals surface area contributed by atoms with E-state index < -0.39 is 10.0 Å². The molecule has 0 atom stereocenters. The summed E-state index contributed by atoms with van der Waals surface area (Å²) in [5, 5.41) is 5.08. The summed E-state index contributed by atoms with van der Waals surface area (Å²) in [5.74, 6) is 0.125. The molecule has 3 rings (SSSR count). The second kappa shape index (κ2) is 6.75. The molecule has 0 fully saturated rings. The van der Waals surface area contributed by atoms with Crippen molar-refractivity contribution >= 4 is 15.9 Å². The third-order valence-corrected chi connectivity index (χ3v) is 5.29. The van der Waals surface area contributed by atoms with Crippen molar-refractivity contribution < 1.29 is 13.2 Å². The molecule has 0 saturated carbocycles. The van der Waals surface area contributed by atoms with Crippen LogP contribution in [0.3, 0.4) is 0 Å². The Bertz CT molecular complexity index is 845. The van der Waals surface area contributed by atoms with Crippen molar-refractivity contribution in [1.82, 2.24) is 4.90 Å². The highest BCUT2D eigenvalue weighted by Crippen LogP contribution is 2.19. The molecule has 1 aliphatic heterocycles. The minimum absolute atomic E-state index is 0.0882. The van der Waals surface area contributed by atoms with Crippen LogP contribution in [0, 0.1) is 0 Å². The van der Waals surface area contributed by atoms with Gasteiger partial charge in [0.15, 0.2) is 0 Å². The van der Waals surface area contributed by atoms with Gasteiger partial charge in [0.05, 0.1) is 4.90 Å². The highest BCUT2D eigenvalue weighted by Gasteiger charge is 2.20. The molecule has 2 aromatic carbocycles. The van der Waals surface area contributed by atoms with Crippen molar-refractivity contribution in [3.63, 3.8) is 0 Å². The number of carbonyl (C=O) groups excluding carboxylic acids is 1. The Hall–Kier alpha value is -2.18. The monoisotopic (exact) mass is 344 g/mol. The first-order chi connectivity index (χ1) is 11.4. The SMILES string of the molecule is NS(=O)(=O)c1ccc(CCC(=O)N2CCc3ccccc3C2)cc1. The lowest BCUT2D eigenvalue weighted by atomic mass is 9.99. The minimum atomic E-state index is -3.67. The lowest BCUT2D eigenvalue weighted by Gasteiger charge is -2.29. The fraction of sp³-hybridized carbons (Fsp3) is 0.278. The van der Waals surface area contributed by atoms with Gasteiger partial charge in [0.1, 0.15) is 0 Å². The van der Waals surface area contributed by atoms with E-state index in [0.29, 0.717) is 19.4 Å². The number of fused-ring (bicyclic) bond motifs is 1. The number of hydrogen-bond donors (Lipinski definition) is 1. The van der Waals surface area contributed by atoms with E-state index in [2.05, 4.69) is 12.1 Å². The number of carbonyl (C=O) groups is 1. The normalized spacial score (nSPS) is 14.3. The van der Waals surface area contributed by atoms with E-state index in [9.17, 15) is 13.2 Å². The first-order valence-corrected chi connectivity index (χ1v) is 9.44. The Kier molecular flexibility index (Phi) is 4.69. The standard InChI is InChI=1S/C18H20N2O3S/c19-24(22,23)17-8-5-14(6-9-17)7-10-18(21)20-12-11-15-3-1-2-4-16(15)13-20/h1-6,8-9H,7,10-13H2,(H2,19,22,23). The first-order valence-electron chi connectivity index (χ1n) is 7.90. The average molecular weight is 344 g/mol. The number of sulfonamides is 1. The molecular weight excluding hydrogens is 324 g/mol. The van der Waals surface area contributed by atoms with Crippen molar-refractivity contribution in [3.8, 4) is 0 Å². The second-order valence-corrected chi connectivity index (χ2v) is 7.58. The Morgan fingerprint density at radius 1 is 1.04 bits per heavy atom. The van der Waals surface area contributed by atoms with Crippen molar-refractivity contribution in [2.24, 2.45) is 5.14 Å². The average Bonchev–Trinajstić information content (AvgIpc) is 2.59. The van der Waals surface area contributed by atoms with Gasteiger partial charge in [-0.2, -0.15) is 0 Å². The highest BCUT2D eigenvalue weighted by molar-refractivity contribution is 7.89. The Balaban J connectivity index is 1.58. The van der Waals surface area contributed by atoms with Crippen LogP contribution in [0.4, 0.5) is 0 Å². The van der Waals surface area contributed by atoms with Crippen molar-refractivity contribution in [2.45, 2.75) is 30.7 Å². The summed E-state index contributed by atoms with van der Waals surface area (Å²) in [5.41, 5.74) is 3.46. The maximum atomic E-state index is 12.4. The molecule has 0 saturated heterocycles. The molecule has 0 unspecified atom stereocenters. The van der Waals surface area contributed by atoms with Crippen LogP contribution in [0.2, 0.25) is 0 Å². The number of hydrogen-bond acceptors (Lipinski definition) is 3. The smallest absolute Gasteiger partial charge is 0.238 e. The van der Waals surface area contributed by atoms with Crippen LogP contribution >= 0.6 is 0 Å². The third-order valence-electron chi connectivity index (χ3n) is 4.36. The van der Waals surface area contributed by atoms with E-state index in [1.54, 1.807) is 12.1 Å². The zero-order chi connectivity index (χ0) is 17.2. The number of nitrogens with two attached hydrogens (primary N) is 1. The lowest BCUT2D eigenvalue weighted by molar-refractivity contribution is -0.132. The summed E-state index contributed by atoms with van der Waals surface area (Å²) in [6.07, 6.45) is 1.89. The molecule has 0 aliphatic carbocycles. The lowest BCUT2D eigenvalue weighted by Crippen LogP contribution is -2.36. The van der Waals surface area contributed by atoms with Crippen LogP contribution in [0.5, 0.6) is 0 Å². The first kappa shape index (κ1) is 16.7. The molecule has 0 aromatic heterocycles. The Morgan fingerprint density at radius 3 is 2.38 bits per heavy atom. The van der Waals surface area contributed by atoms with Gasteiger partial charge in [-0.3, -0.25) is 4.79 Å². The van der Waals surface area contributed by atoms with Gasteiger partial charge in [0, 0.05) is 19.5 Å². The van der Waals surface area contributed by atoms with Crippen LogP contribution in [-0.2, 0) is 34.2 Å². The van der Waals surface area contributed by atoms with E-state index in [1.165, 1.54) is 23.3 Å². The van der Waals surface area contributed by atoms with Gasteiger partial charge in [-0.25, -0.2) is 13.6 Å². The molecule has 6 heteroatoms. The van der Waals surface area contributed by atoms with Crippen molar-refractivity contribution in [2.75, 3.05) is 6.54 Å². The third kappa shape index (κ3) is 3.83. The number of benzene rings is 2. The van der Waals surface area contributed by atoms with E-state index in [1.807, 2.05) is 17.0 Å². The fourth-order valence-electron chi connectivity index (χ4n) is 2.96. The van der Waals surface area contributed by atoms with Crippen LogP contribution in [0.1, 0.15) is 23.1 Å². The Morgan fingerprint density at radius 2 is 1.71 bits per heavy atom. The molecule has 1 heterocycles. The quantitative estimate of drug-likeness (QED) is 0.919. The van der Waals surface area contributed by atoms with Gasteiger partial charge in [0.25, 0.3) is 0 Å². The number of amides is 1. The van der Waals surface area contributed by atoms with Gasteiger partial charge in [-0.05, 0) is 41.7 Å². The second-order valence-electron chi connectivity index (χ2n) is 6.02. The van der Waals surface area contributed by atoms with Crippen LogP contribution in [0.15, 0.2) is 53.4 Å². The molecule has 2 aromatic rings. The molecule has 24 heavy (non-hydrogen) atoms. The topological polar surface area (TPSA) is 80.5 Å². The van der Waals surface area contributed by atoms with Crippen LogP contribution in [0.25, 0.3) is 0 Å². The largest absolute Gasteiger partial charge is 0.338 e. The molecule has 5 nitrogen and oxygen atoms in total. The number of aryl methyl sites for hydroxylation is 1. The predicted octanol–water partition coefficient (Wildman–Crippen LogP) is 1.85. The molecule has 0 radical (unpaired) electrons. The van der Waals surface area contributed by atoms with Gasteiger partial charge >= 0.3 is 0 Å². The summed E-state index contributed by atoms with van der Waals surface area (Å²) in [6, 6.07) is 14.6. The molecule has 1 amide bonds. The summed E-state index contributed by atoms with van der Waals surface area (Å²) in [7, 11) is -3.67. The summed E-state index contributed by atoms with van der Waals surface area (Å²) < 4.78 is 22.5. The van der Waals surface area contributed by atoms with Crippen molar-refractivity contribution in [3.05, 3.63) is 65.2 Å². The number of rotatable bonds is 4.